The van der Waals surface area contributed by atoms with Gasteiger partial charge in [0.1, 0.15) is 0 Å². The second-order valence-electron chi connectivity index (χ2n) is 4.93. The lowest BCUT2D eigenvalue weighted by Gasteiger charge is -2.13. The zero-order chi connectivity index (χ0) is 12.6. The molecule has 1 aromatic carbocycles. The Bertz CT molecular complexity index is 331. The van der Waals surface area contributed by atoms with Crippen LogP contribution in [0.2, 0.25) is 0 Å². The van der Waals surface area contributed by atoms with Gasteiger partial charge in [-0.25, -0.2) is 0 Å². The van der Waals surface area contributed by atoms with Crippen molar-refractivity contribution in [2.24, 2.45) is 0 Å². The number of nitrogens with one attached hydrogen (secondary N) is 1. The second kappa shape index (κ2) is 7.82. The molecule has 1 heterocycles. The van der Waals surface area contributed by atoms with E-state index in [4.69, 9.17) is 0 Å². The maximum absolute atomic E-state index is 3.17. The summed E-state index contributed by atoms with van der Waals surface area (Å²) in [5, 5.41) is 3.17. The van der Waals surface area contributed by atoms with Gasteiger partial charge in [0.2, 0.25) is 0 Å². The van der Waals surface area contributed by atoms with E-state index in [0.717, 1.165) is 6.54 Å². The van der Waals surface area contributed by atoms with Gasteiger partial charge >= 0.3 is 0 Å². The first kappa shape index (κ1) is 13.9. The van der Waals surface area contributed by atoms with E-state index in [0.29, 0.717) is 0 Å². The van der Waals surface area contributed by atoms with Gasteiger partial charge in [-0.1, -0.05) is 12.1 Å². The van der Waals surface area contributed by atoms with Gasteiger partial charge in [-0.2, -0.15) is 0 Å². The monoisotopic (exact) mass is 264 g/mol. The molecular weight excluding hydrogens is 240 g/mol. The smallest absolute Gasteiger partial charge is 0.0202 e. The highest BCUT2D eigenvalue weighted by Crippen LogP contribution is 2.19. The molecule has 0 aliphatic carbocycles. The van der Waals surface area contributed by atoms with Crippen molar-refractivity contribution in [1.29, 1.82) is 0 Å². The van der Waals surface area contributed by atoms with Crippen molar-refractivity contribution in [1.82, 2.24) is 10.2 Å². The normalized spacial score (nSPS) is 16.3. The van der Waals surface area contributed by atoms with E-state index in [1.165, 1.54) is 55.1 Å². The van der Waals surface area contributed by atoms with Crippen molar-refractivity contribution >= 4 is 11.8 Å². The molecule has 0 spiro atoms. The molecule has 0 radical (unpaired) electrons. The lowest BCUT2D eigenvalue weighted by atomic mass is 10.2. The molecule has 1 fully saturated rings. The van der Waals surface area contributed by atoms with Crippen LogP contribution in [0.3, 0.4) is 0 Å². The highest BCUT2D eigenvalue weighted by Gasteiger charge is 2.10. The van der Waals surface area contributed by atoms with Gasteiger partial charge in [0.25, 0.3) is 0 Å². The third kappa shape index (κ3) is 4.63. The molecule has 0 aromatic heterocycles. The van der Waals surface area contributed by atoms with Gasteiger partial charge in [0, 0.05) is 11.4 Å². The van der Waals surface area contributed by atoms with Gasteiger partial charge in [-0.3, -0.25) is 0 Å². The zero-order valence-electron chi connectivity index (χ0n) is 11.3. The van der Waals surface area contributed by atoms with Crippen molar-refractivity contribution in [3.63, 3.8) is 0 Å². The molecular formula is C15H24N2S. The third-order valence-electron chi connectivity index (χ3n) is 3.39. The minimum absolute atomic E-state index is 0.958. The Morgan fingerprint density at radius 2 is 1.89 bits per heavy atom. The maximum atomic E-state index is 3.17. The summed E-state index contributed by atoms with van der Waals surface area (Å²) in [4.78, 5) is 3.99. The van der Waals surface area contributed by atoms with Crippen molar-refractivity contribution < 1.29 is 0 Å². The fourth-order valence-corrected chi connectivity index (χ4v) is 3.23. The molecule has 1 aliphatic heterocycles. The lowest BCUT2D eigenvalue weighted by molar-refractivity contribution is 0.341. The molecule has 1 aromatic rings. The van der Waals surface area contributed by atoms with Crippen LogP contribution in [-0.4, -0.2) is 37.3 Å². The molecule has 0 bridgehead atoms. The number of nitrogens with zero attached hydrogens (tertiary/aromatic N) is 1. The van der Waals surface area contributed by atoms with Crippen molar-refractivity contribution in [3.05, 3.63) is 29.8 Å². The summed E-state index contributed by atoms with van der Waals surface area (Å²) < 4.78 is 0. The van der Waals surface area contributed by atoms with Gasteiger partial charge in [-0.15, -0.1) is 11.8 Å². The van der Waals surface area contributed by atoms with E-state index in [1.807, 2.05) is 18.8 Å². The van der Waals surface area contributed by atoms with E-state index in [9.17, 15) is 0 Å². The Hall–Kier alpha value is -0.510. The number of hydrogen-bond donors (Lipinski definition) is 1. The molecule has 0 unspecified atom stereocenters. The molecule has 3 heteroatoms. The SMILES string of the molecule is CNCc1ccc(SCCCN2CCCC2)cc1. The van der Waals surface area contributed by atoms with Crippen LogP contribution in [0.4, 0.5) is 0 Å². The number of thioether (sulfide) groups is 1. The van der Waals surface area contributed by atoms with Gasteiger partial charge < -0.3 is 10.2 Å². The maximum Gasteiger partial charge on any atom is 0.0202 e. The Kier molecular flexibility index (Phi) is 6.05. The first-order valence-electron chi connectivity index (χ1n) is 6.97. The fourth-order valence-electron chi connectivity index (χ4n) is 2.39. The molecule has 0 saturated carbocycles. The third-order valence-corrected chi connectivity index (χ3v) is 4.49. The van der Waals surface area contributed by atoms with Crippen LogP contribution in [0.25, 0.3) is 0 Å². The molecule has 0 atom stereocenters. The summed E-state index contributed by atoms with van der Waals surface area (Å²) >= 11 is 1.98. The minimum atomic E-state index is 0.958. The van der Waals surface area contributed by atoms with Crippen LogP contribution in [0, 0.1) is 0 Å². The summed E-state index contributed by atoms with van der Waals surface area (Å²) in [6, 6.07) is 8.93. The predicted octanol–water partition coefficient (Wildman–Crippen LogP) is 2.98. The molecule has 0 amide bonds. The van der Waals surface area contributed by atoms with Crippen LogP contribution in [0.1, 0.15) is 24.8 Å². The molecule has 2 nitrogen and oxygen atoms in total. The topological polar surface area (TPSA) is 15.3 Å². The second-order valence-corrected chi connectivity index (χ2v) is 6.09. The number of benzene rings is 1. The van der Waals surface area contributed by atoms with E-state index in [-0.39, 0.29) is 0 Å². The molecule has 18 heavy (non-hydrogen) atoms. The molecule has 100 valence electrons. The van der Waals surface area contributed by atoms with Gasteiger partial charge in [0.15, 0.2) is 0 Å². The Morgan fingerprint density at radius 1 is 1.17 bits per heavy atom. The highest BCUT2D eigenvalue weighted by molar-refractivity contribution is 7.99. The average Bonchev–Trinajstić information content (AvgIpc) is 2.90. The van der Waals surface area contributed by atoms with E-state index in [2.05, 4.69) is 34.5 Å². The van der Waals surface area contributed by atoms with Crippen molar-refractivity contribution in [2.75, 3.05) is 32.4 Å². The largest absolute Gasteiger partial charge is 0.316 e. The van der Waals surface area contributed by atoms with Crippen LogP contribution < -0.4 is 5.32 Å². The number of hydrogen-bond acceptors (Lipinski definition) is 3. The van der Waals surface area contributed by atoms with E-state index >= 15 is 0 Å². The lowest BCUT2D eigenvalue weighted by Crippen LogP contribution is -2.20. The van der Waals surface area contributed by atoms with Crippen LogP contribution in [0.15, 0.2) is 29.2 Å². The number of rotatable bonds is 7. The highest BCUT2D eigenvalue weighted by atomic mass is 32.2. The first-order valence-corrected chi connectivity index (χ1v) is 7.96. The molecule has 1 N–H and O–H groups in total. The van der Waals surface area contributed by atoms with Crippen LogP contribution in [0.5, 0.6) is 0 Å². The summed E-state index contributed by atoms with van der Waals surface area (Å²) in [7, 11) is 1.99. The standard InChI is InChI=1S/C15H24N2S/c1-16-13-14-5-7-15(8-6-14)18-12-4-11-17-9-2-3-10-17/h5-8,16H,2-4,9-13H2,1H3. The van der Waals surface area contributed by atoms with Crippen LogP contribution >= 0.6 is 11.8 Å². The van der Waals surface area contributed by atoms with Gasteiger partial charge in [-0.05, 0) is 69.4 Å². The predicted molar refractivity (Wildman–Crippen MR) is 80.2 cm³/mol. The average molecular weight is 264 g/mol. The summed E-state index contributed by atoms with van der Waals surface area (Å²) in [6.07, 6.45) is 4.11. The van der Waals surface area contributed by atoms with Crippen molar-refractivity contribution in [2.45, 2.75) is 30.7 Å². The summed E-state index contributed by atoms with van der Waals surface area (Å²) in [5.74, 6) is 1.24. The fraction of sp³-hybridized carbons (Fsp3) is 0.600. The molecule has 1 aliphatic rings. The molecule has 1 saturated heterocycles. The zero-order valence-corrected chi connectivity index (χ0v) is 12.1. The minimum Gasteiger partial charge on any atom is -0.316 e. The Balaban J connectivity index is 1.63. The summed E-state index contributed by atoms with van der Waals surface area (Å²) in [5.41, 5.74) is 1.36. The van der Waals surface area contributed by atoms with Gasteiger partial charge in [0.05, 0.1) is 0 Å². The van der Waals surface area contributed by atoms with E-state index < -0.39 is 0 Å². The Morgan fingerprint density at radius 3 is 2.56 bits per heavy atom. The quantitative estimate of drug-likeness (QED) is 0.602. The number of likely N-dealkylation sites (tertiary alicyclic amines) is 1. The Labute approximate surface area is 115 Å². The molecule has 2 rings (SSSR count). The van der Waals surface area contributed by atoms with Crippen molar-refractivity contribution in [3.8, 4) is 0 Å². The summed E-state index contributed by atoms with van der Waals surface area (Å²) in [6.45, 7) is 4.89. The first-order chi connectivity index (χ1) is 8.88. The van der Waals surface area contributed by atoms with E-state index in [1.54, 1.807) is 0 Å². The van der Waals surface area contributed by atoms with Crippen LogP contribution in [-0.2, 0) is 6.54 Å².